The highest BCUT2D eigenvalue weighted by Crippen LogP contribution is 2.27. The Kier molecular flexibility index (Phi) is 5.68. The van der Waals surface area contributed by atoms with Crippen molar-refractivity contribution in [2.75, 3.05) is 11.9 Å². The zero-order chi connectivity index (χ0) is 18.6. The maximum absolute atomic E-state index is 13.2. The largest absolute Gasteiger partial charge is 0.326 e. The number of benzene rings is 2. The fourth-order valence-electron chi connectivity index (χ4n) is 3.21. The van der Waals surface area contributed by atoms with Crippen LogP contribution in [0.1, 0.15) is 25.7 Å². The van der Waals surface area contributed by atoms with Crippen molar-refractivity contribution in [3.8, 4) is 0 Å². The SMILES string of the molecule is O=C(C[C@@H]1CCCCN1S(=O)(=O)c1ccccc1)Nc1cccc(F)c1. The summed E-state index contributed by atoms with van der Waals surface area (Å²) in [5, 5.41) is 2.64. The smallest absolute Gasteiger partial charge is 0.243 e. The first-order valence-corrected chi connectivity index (χ1v) is 10.0. The minimum absolute atomic E-state index is 0.0442. The van der Waals surface area contributed by atoms with Crippen LogP contribution in [0.15, 0.2) is 59.5 Å². The molecule has 1 fully saturated rings. The predicted octanol–water partition coefficient (Wildman–Crippen LogP) is 3.40. The molecule has 138 valence electrons. The van der Waals surface area contributed by atoms with Gasteiger partial charge in [-0.25, -0.2) is 12.8 Å². The first-order chi connectivity index (χ1) is 12.5. The summed E-state index contributed by atoms with van der Waals surface area (Å²) < 4.78 is 40.5. The van der Waals surface area contributed by atoms with Gasteiger partial charge in [0.25, 0.3) is 0 Å². The molecule has 2 aromatic carbocycles. The van der Waals surface area contributed by atoms with Gasteiger partial charge in [0.15, 0.2) is 0 Å². The van der Waals surface area contributed by atoms with Crippen molar-refractivity contribution < 1.29 is 17.6 Å². The quantitative estimate of drug-likeness (QED) is 0.870. The standard InChI is InChI=1S/C19H21FN2O3S/c20-15-7-6-8-16(13-15)21-19(23)14-17-9-4-5-12-22(17)26(24,25)18-10-2-1-3-11-18/h1-3,6-8,10-11,13,17H,4-5,9,12,14H2,(H,21,23)/t17-/m0/s1. The molecule has 0 spiro atoms. The number of anilines is 1. The second kappa shape index (κ2) is 7.97. The third-order valence-corrected chi connectivity index (χ3v) is 6.42. The number of piperidine rings is 1. The van der Waals surface area contributed by atoms with E-state index in [2.05, 4.69) is 5.32 Å². The maximum atomic E-state index is 13.2. The molecule has 1 atom stereocenters. The Morgan fingerprint density at radius 1 is 1.12 bits per heavy atom. The van der Waals surface area contributed by atoms with E-state index in [1.54, 1.807) is 36.4 Å². The highest BCUT2D eigenvalue weighted by molar-refractivity contribution is 7.89. The summed E-state index contributed by atoms with van der Waals surface area (Å²) in [7, 11) is -3.64. The topological polar surface area (TPSA) is 66.5 Å². The number of nitrogens with one attached hydrogen (secondary N) is 1. The van der Waals surface area contributed by atoms with Crippen LogP contribution in [0.5, 0.6) is 0 Å². The molecule has 5 nitrogen and oxygen atoms in total. The molecule has 1 heterocycles. The molecule has 7 heteroatoms. The molecule has 0 saturated carbocycles. The second-order valence-corrected chi connectivity index (χ2v) is 8.23. The molecule has 26 heavy (non-hydrogen) atoms. The zero-order valence-electron chi connectivity index (χ0n) is 14.3. The average molecular weight is 376 g/mol. The van der Waals surface area contributed by atoms with E-state index < -0.39 is 21.9 Å². The number of carbonyl (C=O) groups is 1. The Labute approximate surface area is 152 Å². The summed E-state index contributed by atoms with van der Waals surface area (Å²) in [6, 6.07) is 13.5. The minimum atomic E-state index is -3.64. The molecule has 0 aromatic heterocycles. The van der Waals surface area contributed by atoms with Gasteiger partial charge < -0.3 is 5.32 Å². The Bertz CT molecular complexity index is 871. The van der Waals surface area contributed by atoms with Gasteiger partial charge in [-0.1, -0.05) is 30.7 Å². The molecule has 1 amide bonds. The van der Waals surface area contributed by atoms with Gasteiger partial charge in [-0.3, -0.25) is 4.79 Å². The van der Waals surface area contributed by atoms with Crippen molar-refractivity contribution in [2.45, 2.75) is 36.6 Å². The van der Waals surface area contributed by atoms with E-state index in [1.165, 1.54) is 22.5 Å². The van der Waals surface area contributed by atoms with Crippen molar-refractivity contribution in [1.82, 2.24) is 4.31 Å². The Hall–Kier alpha value is -2.25. The predicted molar refractivity (Wildman–Crippen MR) is 97.6 cm³/mol. The van der Waals surface area contributed by atoms with Gasteiger partial charge in [-0.2, -0.15) is 4.31 Å². The summed E-state index contributed by atoms with van der Waals surface area (Å²) >= 11 is 0. The fourth-order valence-corrected chi connectivity index (χ4v) is 4.93. The summed E-state index contributed by atoms with van der Waals surface area (Å²) in [6.45, 7) is 0.398. The molecule has 0 unspecified atom stereocenters. The van der Waals surface area contributed by atoms with Crippen molar-refractivity contribution in [2.24, 2.45) is 0 Å². The van der Waals surface area contributed by atoms with Crippen LogP contribution in [-0.4, -0.2) is 31.2 Å². The fraction of sp³-hybridized carbons (Fsp3) is 0.316. The second-order valence-electron chi connectivity index (χ2n) is 6.34. The average Bonchev–Trinajstić information content (AvgIpc) is 2.63. The maximum Gasteiger partial charge on any atom is 0.243 e. The van der Waals surface area contributed by atoms with Gasteiger partial charge in [0, 0.05) is 24.7 Å². The molecule has 1 N–H and O–H groups in total. The van der Waals surface area contributed by atoms with Crippen molar-refractivity contribution in [1.29, 1.82) is 0 Å². The van der Waals surface area contributed by atoms with Crippen LogP contribution >= 0.6 is 0 Å². The van der Waals surface area contributed by atoms with Gasteiger partial charge >= 0.3 is 0 Å². The lowest BCUT2D eigenvalue weighted by atomic mass is 10.0. The van der Waals surface area contributed by atoms with E-state index in [0.717, 1.165) is 12.8 Å². The van der Waals surface area contributed by atoms with Crippen molar-refractivity contribution in [3.63, 3.8) is 0 Å². The number of nitrogens with zero attached hydrogens (tertiary/aromatic N) is 1. The molecule has 0 radical (unpaired) electrons. The normalized spacial score (nSPS) is 18.4. The highest BCUT2D eigenvalue weighted by Gasteiger charge is 2.34. The third-order valence-electron chi connectivity index (χ3n) is 4.45. The van der Waals surface area contributed by atoms with Crippen LogP contribution in [-0.2, 0) is 14.8 Å². The van der Waals surface area contributed by atoms with E-state index in [1.807, 2.05) is 0 Å². The van der Waals surface area contributed by atoms with Gasteiger partial charge in [0.05, 0.1) is 4.90 Å². The summed E-state index contributed by atoms with van der Waals surface area (Å²) in [4.78, 5) is 12.6. The number of halogens is 1. The number of carbonyl (C=O) groups excluding carboxylic acids is 1. The van der Waals surface area contributed by atoms with Gasteiger partial charge in [-0.15, -0.1) is 0 Å². The molecule has 0 bridgehead atoms. The third kappa shape index (κ3) is 4.28. The molecule has 2 aromatic rings. The Morgan fingerprint density at radius 2 is 1.88 bits per heavy atom. The van der Waals surface area contributed by atoms with Crippen molar-refractivity contribution in [3.05, 3.63) is 60.4 Å². The molecule has 1 aliphatic heterocycles. The number of rotatable bonds is 5. The van der Waals surface area contributed by atoms with E-state index in [9.17, 15) is 17.6 Å². The molecule has 3 rings (SSSR count). The molecule has 0 aliphatic carbocycles. The lowest BCUT2D eigenvalue weighted by Crippen LogP contribution is -2.45. The van der Waals surface area contributed by atoms with Crippen LogP contribution in [0.4, 0.5) is 10.1 Å². The van der Waals surface area contributed by atoms with E-state index >= 15 is 0 Å². The number of amides is 1. The van der Waals surface area contributed by atoms with E-state index in [4.69, 9.17) is 0 Å². The van der Waals surface area contributed by atoms with Crippen LogP contribution in [0.2, 0.25) is 0 Å². The van der Waals surface area contributed by atoms with E-state index in [0.29, 0.717) is 18.7 Å². The minimum Gasteiger partial charge on any atom is -0.326 e. The first kappa shape index (κ1) is 18.5. The zero-order valence-corrected chi connectivity index (χ0v) is 15.1. The lowest BCUT2D eigenvalue weighted by Gasteiger charge is -2.34. The molecular formula is C19H21FN2O3S. The number of hydrogen-bond acceptors (Lipinski definition) is 3. The van der Waals surface area contributed by atoms with Crippen LogP contribution in [0.3, 0.4) is 0 Å². The Morgan fingerprint density at radius 3 is 2.62 bits per heavy atom. The first-order valence-electron chi connectivity index (χ1n) is 8.59. The van der Waals surface area contributed by atoms with Gasteiger partial charge in [0.1, 0.15) is 5.82 Å². The molecular weight excluding hydrogens is 355 g/mol. The van der Waals surface area contributed by atoms with Crippen molar-refractivity contribution >= 4 is 21.6 Å². The summed E-state index contributed by atoms with van der Waals surface area (Å²) in [5.41, 5.74) is 0.364. The van der Waals surface area contributed by atoms with Crippen LogP contribution < -0.4 is 5.32 Å². The monoisotopic (exact) mass is 376 g/mol. The molecule has 1 saturated heterocycles. The summed E-state index contributed by atoms with van der Waals surface area (Å²) in [6.07, 6.45) is 2.32. The lowest BCUT2D eigenvalue weighted by molar-refractivity contribution is -0.117. The number of sulfonamides is 1. The van der Waals surface area contributed by atoms with Gasteiger partial charge in [0.2, 0.25) is 15.9 Å². The van der Waals surface area contributed by atoms with E-state index in [-0.39, 0.29) is 17.2 Å². The highest BCUT2D eigenvalue weighted by atomic mass is 32.2. The Balaban J connectivity index is 1.74. The summed E-state index contributed by atoms with van der Waals surface area (Å²) in [5.74, 6) is -0.760. The van der Waals surface area contributed by atoms with Crippen LogP contribution in [0, 0.1) is 5.82 Å². The number of hydrogen-bond donors (Lipinski definition) is 1. The van der Waals surface area contributed by atoms with Crippen LogP contribution in [0.25, 0.3) is 0 Å². The van der Waals surface area contributed by atoms with Gasteiger partial charge in [-0.05, 0) is 43.2 Å². The molecule has 1 aliphatic rings.